The first-order chi connectivity index (χ1) is 7.20. The lowest BCUT2D eigenvalue weighted by Crippen LogP contribution is -2.35. The number of nitrogens with one attached hydrogen (secondary N) is 1. The Kier molecular flexibility index (Phi) is 3.05. The zero-order chi connectivity index (χ0) is 10.8. The van der Waals surface area contributed by atoms with E-state index < -0.39 is 0 Å². The third-order valence-electron chi connectivity index (χ3n) is 3.45. The smallest absolute Gasteiger partial charge is 0.0842 e. The van der Waals surface area contributed by atoms with Gasteiger partial charge in [-0.15, -0.1) is 5.10 Å². The number of aromatic nitrogens is 3. The molecule has 1 saturated carbocycles. The van der Waals surface area contributed by atoms with Crippen molar-refractivity contribution in [2.24, 2.45) is 18.9 Å². The van der Waals surface area contributed by atoms with E-state index in [-0.39, 0.29) is 0 Å². The van der Waals surface area contributed by atoms with Crippen LogP contribution >= 0.6 is 0 Å². The van der Waals surface area contributed by atoms with E-state index in [4.69, 9.17) is 0 Å². The molecular weight excluding hydrogens is 188 g/mol. The van der Waals surface area contributed by atoms with Crippen molar-refractivity contribution in [2.45, 2.75) is 32.2 Å². The summed E-state index contributed by atoms with van der Waals surface area (Å²) in [6, 6.07) is 0.536. The molecule has 0 amide bonds. The van der Waals surface area contributed by atoms with Gasteiger partial charge >= 0.3 is 0 Å². The molecule has 0 radical (unpaired) electrons. The summed E-state index contributed by atoms with van der Waals surface area (Å²) in [5.74, 6) is 1.68. The Labute approximate surface area is 91.1 Å². The Bertz CT molecular complexity index is 316. The highest BCUT2D eigenvalue weighted by Crippen LogP contribution is 2.38. The van der Waals surface area contributed by atoms with E-state index in [0.29, 0.717) is 6.04 Å². The summed E-state index contributed by atoms with van der Waals surface area (Å²) in [6.07, 6.45) is 5.80. The summed E-state index contributed by atoms with van der Waals surface area (Å²) in [6.45, 7) is 2.34. The normalized spacial score (nSPS) is 20.2. The summed E-state index contributed by atoms with van der Waals surface area (Å²) in [5.41, 5.74) is 1.09. The first kappa shape index (κ1) is 10.6. The molecule has 1 heterocycles. The fraction of sp³-hybridized carbons (Fsp3) is 0.818. The highest BCUT2D eigenvalue weighted by Gasteiger charge is 2.32. The molecule has 0 saturated heterocycles. The van der Waals surface area contributed by atoms with Crippen LogP contribution in [0.1, 0.15) is 25.5 Å². The van der Waals surface area contributed by atoms with Crippen molar-refractivity contribution in [3.05, 3.63) is 11.9 Å². The van der Waals surface area contributed by atoms with Gasteiger partial charge in [-0.3, -0.25) is 4.68 Å². The van der Waals surface area contributed by atoms with Gasteiger partial charge in [-0.05, 0) is 31.7 Å². The van der Waals surface area contributed by atoms with E-state index in [9.17, 15) is 0 Å². The number of hydrogen-bond acceptors (Lipinski definition) is 3. The molecule has 1 fully saturated rings. The van der Waals surface area contributed by atoms with Crippen LogP contribution in [0.3, 0.4) is 0 Å². The van der Waals surface area contributed by atoms with Crippen LogP contribution < -0.4 is 5.32 Å². The Hall–Kier alpha value is -0.900. The third kappa shape index (κ3) is 2.56. The number of hydrogen-bond donors (Lipinski definition) is 1. The molecule has 2 unspecified atom stereocenters. The van der Waals surface area contributed by atoms with Gasteiger partial charge in [0.15, 0.2) is 0 Å². The summed E-state index contributed by atoms with van der Waals surface area (Å²) in [5, 5.41) is 11.5. The van der Waals surface area contributed by atoms with Crippen LogP contribution in [0.5, 0.6) is 0 Å². The van der Waals surface area contributed by atoms with Gasteiger partial charge < -0.3 is 5.32 Å². The highest BCUT2D eigenvalue weighted by atomic mass is 15.4. The molecular formula is C11H20N4. The molecule has 1 N–H and O–H groups in total. The van der Waals surface area contributed by atoms with Crippen LogP contribution in [0, 0.1) is 11.8 Å². The molecule has 2 rings (SSSR count). The molecule has 1 aromatic heterocycles. The monoisotopic (exact) mass is 208 g/mol. The van der Waals surface area contributed by atoms with E-state index in [0.717, 1.165) is 24.0 Å². The van der Waals surface area contributed by atoms with Crippen molar-refractivity contribution in [1.82, 2.24) is 20.3 Å². The van der Waals surface area contributed by atoms with Gasteiger partial charge in [-0.2, -0.15) is 0 Å². The second-order valence-electron chi connectivity index (χ2n) is 4.68. The van der Waals surface area contributed by atoms with Gasteiger partial charge in [0.1, 0.15) is 0 Å². The maximum absolute atomic E-state index is 4.14. The minimum absolute atomic E-state index is 0.536. The lowest BCUT2D eigenvalue weighted by molar-refractivity contribution is 0.355. The maximum Gasteiger partial charge on any atom is 0.0842 e. The average Bonchev–Trinajstić information content (AvgIpc) is 2.99. The summed E-state index contributed by atoms with van der Waals surface area (Å²) in [4.78, 5) is 0. The van der Waals surface area contributed by atoms with E-state index in [1.807, 2.05) is 20.3 Å². The number of nitrogens with zero attached hydrogens (tertiary/aromatic N) is 3. The molecule has 84 valence electrons. The van der Waals surface area contributed by atoms with Gasteiger partial charge in [-0.25, -0.2) is 0 Å². The van der Waals surface area contributed by atoms with Gasteiger partial charge in [0.05, 0.1) is 5.69 Å². The predicted octanol–water partition coefficient (Wildman–Crippen LogP) is 0.992. The maximum atomic E-state index is 4.14. The molecule has 0 aliphatic heterocycles. The molecule has 4 heteroatoms. The molecule has 4 nitrogen and oxygen atoms in total. The first-order valence-electron chi connectivity index (χ1n) is 5.73. The van der Waals surface area contributed by atoms with Crippen LogP contribution in [-0.4, -0.2) is 28.1 Å². The molecule has 1 aromatic rings. The fourth-order valence-corrected chi connectivity index (χ4v) is 2.22. The average molecular weight is 208 g/mol. The Morgan fingerprint density at radius 2 is 2.33 bits per heavy atom. The van der Waals surface area contributed by atoms with Crippen LogP contribution in [0.25, 0.3) is 0 Å². The quantitative estimate of drug-likeness (QED) is 0.784. The van der Waals surface area contributed by atoms with Crippen molar-refractivity contribution in [2.75, 3.05) is 7.05 Å². The Balaban J connectivity index is 1.95. The number of aryl methyl sites for hydroxylation is 1. The standard InChI is InChI=1S/C11H20N4/c1-8(9-4-5-9)11(12-2)6-10-7-15(3)14-13-10/h7-9,11-12H,4-6H2,1-3H3. The van der Waals surface area contributed by atoms with Crippen molar-refractivity contribution >= 4 is 0 Å². The second kappa shape index (κ2) is 4.31. The van der Waals surface area contributed by atoms with Crippen LogP contribution in [-0.2, 0) is 13.5 Å². The van der Waals surface area contributed by atoms with Crippen molar-refractivity contribution in [1.29, 1.82) is 0 Å². The van der Waals surface area contributed by atoms with Crippen LogP contribution in [0.2, 0.25) is 0 Å². The molecule has 0 bridgehead atoms. The van der Waals surface area contributed by atoms with Crippen LogP contribution in [0.4, 0.5) is 0 Å². The first-order valence-corrected chi connectivity index (χ1v) is 5.73. The largest absolute Gasteiger partial charge is 0.316 e. The topological polar surface area (TPSA) is 42.7 Å². The van der Waals surface area contributed by atoms with Crippen molar-refractivity contribution in [3.8, 4) is 0 Å². The SMILES string of the molecule is CNC(Cc1cn(C)nn1)C(C)C1CC1. The zero-order valence-corrected chi connectivity index (χ0v) is 9.77. The second-order valence-corrected chi connectivity index (χ2v) is 4.68. The summed E-state index contributed by atoms with van der Waals surface area (Å²) in [7, 11) is 3.95. The minimum atomic E-state index is 0.536. The van der Waals surface area contributed by atoms with Gasteiger partial charge in [0.25, 0.3) is 0 Å². The third-order valence-corrected chi connectivity index (χ3v) is 3.45. The van der Waals surface area contributed by atoms with Gasteiger partial charge in [-0.1, -0.05) is 12.1 Å². The molecule has 0 aromatic carbocycles. The molecule has 1 aliphatic rings. The molecule has 0 spiro atoms. The summed E-state index contributed by atoms with van der Waals surface area (Å²) < 4.78 is 1.77. The van der Waals surface area contributed by atoms with Crippen molar-refractivity contribution in [3.63, 3.8) is 0 Å². The molecule has 15 heavy (non-hydrogen) atoms. The zero-order valence-electron chi connectivity index (χ0n) is 9.77. The van der Waals surface area contributed by atoms with Gasteiger partial charge in [0.2, 0.25) is 0 Å². The van der Waals surface area contributed by atoms with E-state index in [1.54, 1.807) is 4.68 Å². The van der Waals surface area contributed by atoms with E-state index in [2.05, 4.69) is 22.6 Å². The highest BCUT2D eigenvalue weighted by molar-refractivity contribution is 4.98. The molecule has 2 atom stereocenters. The summed E-state index contributed by atoms with van der Waals surface area (Å²) >= 11 is 0. The lowest BCUT2D eigenvalue weighted by atomic mass is 9.93. The van der Waals surface area contributed by atoms with E-state index in [1.165, 1.54) is 12.8 Å². The minimum Gasteiger partial charge on any atom is -0.316 e. The number of likely N-dealkylation sites (N-methyl/N-ethyl adjacent to an activating group) is 1. The van der Waals surface area contributed by atoms with Gasteiger partial charge in [0, 0.05) is 25.7 Å². The lowest BCUT2D eigenvalue weighted by Gasteiger charge is -2.22. The predicted molar refractivity (Wildman–Crippen MR) is 59.4 cm³/mol. The fourth-order valence-electron chi connectivity index (χ4n) is 2.22. The van der Waals surface area contributed by atoms with E-state index >= 15 is 0 Å². The molecule has 1 aliphatic carbocycles. The Morgan fingerprint density at radius 3 is 2.80 bits per heavy atom. The van der Waals surface area contributed by atoms with Crippen LogP contribution in [0.15, 0.2) is 6.20 Å². The van der Waals surface area contributed by atoms with Crippen molar-refractivity contribution < 1.29 is 0 Å². The Morgan fingerprint density at radius 1 is 1.60 bits per heavy atom. The number of rotatable bonds is 5.